The number of anilines is 2. The molecule has 0 spiro atoms. The third kappa shape index (κ3) is 7.04. The molecule has 1 aromatic heterocycles. The van der Waals surface area contributed by atoms with Gasteiger partial charge in [-0.25, -0.2) is 0 Å². The summed E-state index contributed by atoms with van der Waals surface area (Å²) in [6, 6.07) is 5.90. The van der Waals surface area contributed by atoms with E-state index in [0.29, 0.717) is 21.7 Å². The fourth-order valence-electron chi connectivity index (χ4n) is 5.35. The van der Waals surface area contributed by atoms with Crippen molar-refractivity contribution >= 4 is 52.0 Å². The first-order valence-electron chi connectivity index (χ1n) is 13.8. The van der Waals surface area contributed by atoms with Crippen LogP contribution in [-0.4, -0.2) is 67.6 Å². The largest absolute Gasteiger partial charge is 0.418 e. The molecule has 0 bridgehead atoms. The minimum Gasteiger partial charge on any atom is -0.370 e. The highest BCUT2D eigenvalue weighted by Crippen LogP contribution is 2.38. The van der Waals surface area contributed by atoms with Crippen molar-refractivity contribution in [2.45, 2.75) is 56.8 Å². The van der Waals surface area contributed by atoms with Crippen LogP contribution >= 0.6 is 22.9 Å². The number of alkyl halides is 3. The number of halogens is 4. The van der Waals surface area contributed by atoms with Crippen LogP contribution in [0.2, 0.25) is 4.34 Å². The Hall–Kier alpha value is -2.67. The van der Waals surface area contributed by atoms with Crippen molar-refractivity contribution in [3.05, 3.63) is 45.1 Å². The topological polar surface area (TPSA) is 91.0 Å². The zero-order chi connectivity index (χ0) is 29.1. The standard InChI is InChI=1S/C28H32ClF3N4O4S/c29-24-10-9-23(41-24)27(39)33-14-22(36(18-5-2-6-18)15-17-3-1-4-17)26(38)34-21-8-7-19(13-20(21)28(30,31)32)35-11-12-40-16-25(35)37/h7-10,13,17-18,22H,1-6,11-12,14-16H2,(H,33,39)(H,34,38)/t22-/m0/s1. The number of hydrogen-bond donors (Lipinski definition) is 2. The van der Waals surface area contributed by atoms with Gasteiger partial charge in [0.2, 0.25) is 5.91 Å². The summed E-state index contributed by atoms with van der Waals surface area (Å²) in [6.45, 7) is 0.729. The van der Waals surface area contributed by atoms with E-state index in [9.17, 15) is 27.6 Å². The summed E-state index contributed by atoms with van der Waals surface area (Å²) in [5.41, 5.74) is -1.36. The molecule has 1 saturated heterocycles. The second kappa shape index (κ2) is 12.7. The number of carbonyl (C=O) groups excluding carboxylic acids is 3. The van der Waals surface area contributed by atoms with Gasteiger partial charge >= 0.3 is 6.18 Å². The number of ether oxygens (including phenoxy) is 1. The normalized spacial score (nSPS) is 19.0. The number of morpholine rings is 1. The van der Waals surface area contributed by atoms with Gasteiger partial charge in [0.15, 0.2) is 0 Å². The Morgan fingerprint density at radius 1 is 1.15 bits per heavy atom. The van der Waals surface area contributed by atoms with Gasteiger partial charge in [0.25, 0.3) is 11.8 Å². The molecule has 41 heavy (non-hydrogen) atoms. The van der Waals surface area contributed by atoms with Crippen LogP contribution in [0.5, 0.6) is 0 Å². The lowest BCUT2D eigenvalue weighted by Gasteiger charge is -2.45. The van der Waals surface area contributed by atoms with Crippen molar-refractivity contribution in [2.75, 3.05) is 43.1 Å². The first kappa shape index (κ1) is 29.8. The van der Waals surface area contributed by atoms with Crippen molar-refractivity contribution < 1.29 is 32.3 Å². The van der Waals surface area contributed by atoms with E-state index in [1.807, 2.05) is 0 Å². The van der Waals surface area contributed by atoms with Crippen LogP contribution in [0.3, 0.4) is 0 Å². The number of nitrogens with zero attached hydrogens (tertiary/aromatic N) is 2. The van der Waals surface area contributed by atoms with Crippen LogP contribution in [-0.2, 0) is 20.5 Å². The molecule has 222 valence electrons. The van der Waals surface area contributed by atoms with E-state index in [1.165, 1.54) is 17.0 Å². The van der Waals surface area contributed by atoms with Crippen LogP contribution in [0.15, 0.2) is 30.3 Å². The Morgan fingerprint density at radius 3 is 2.49 bits per heavy atom. The maximum absolute atomic E-state index is 14.2. The van der Waals surface area contributed by atoms with E-state index >= 15 is 0 Å². The summed E-state index contributed by atoms with van der Waals surface area (Å²) >= 11 is 7.08. The van der Waals surface area contributed by atoms with E-state index in [0.717, 1.165) is 55.9 Å². The predicted octanol–water partition coefficient (Wildman–Crippen LogP) is 5.18. The fraction of sp³-hybridized carbons (Fsp3) is 0.536. The number of hydrogen-bond acceptors (Lipinski definition) is 6. The zero-order valence-electron chi connectivity index (χ0n) is 22.3. The Morgan fingerprint density at radius 2 is 1.90 bits per heavy atom. The Labute approximate surface area is 245 Å². The summed E-state index contributed by atoms with van der Waals surface area (Å²) in [5.74, 6) is -1.04. The van der Waals surface area contributed by atoms with Crippen molar-refractivity contribution in [2.24, 2.45) is 5.92 Å². The van der Waals surface area contributed by atoms with Crippen molar-refractivity contribution in [1.82, 2.24) is 10.2 Å². The first-order valence-corrected chi connectivity index (χ1v) is 15.0. The molecule has 13 heteroatoms. The smallest absolute Gasteiger partial charge is 0.370 e. The molecule has 8 nitrogen and oxygen atoms in total. The van der Waals surface area contributed by atoms with Gasteiger partial charge in [-0.15, -0.1) is 11.3 Å². The van der Waals surface area contributed by atoms with Gasteiger partial charge in [0.1, 0.15) is 12.6 Å². The molecule has 1 atom stereocenters. The highest BCUT2D eigenvalue weighted by atomic mass is 35.5. The SMILES string of the molecule is O=C(NC[C@@H](C(=O)Nc1ccc(N2CCOCC2=O)cc1C(F)(F)F)N(CC1CCC1)C1CCC1)c1ccc(Cl)s1. The molecule has 2 aromatic rings. The average molecular weight is 613 g/mol. The van der Waals surface area contributed by atoms with E-state index in [1.54, 1.807) is 12.1 Å². The van der Waals surface area contributed by atoms with Crippen LogP contribution in [0, 0.1) is 5.92 Å². The van der Waals surface area contributed by atoms with Gasteiger partial charge in [0.05, 0.1) is 27.1 Å². The quantitative estimate of drug-likeness (QED) is 0.386. The lowest BCUT2D eigenvalue weighted by molar-refractivity contribution is -0.137. The summed E-state index contributed by atoms with van der Waals surface area (Å²) in [7, 11) is 0. The minimum atomic E-state index is -4.78. The zero-order valence-corrected chi connectivity index (χ0v) is 23.9. The van der Waals surface area contributed by atoms with Gasteiger partial charge < -0.3 is 20.3 Å². The van der Waals surface area contributed by atoms with Crippen molar-refractivity contribution in [3.8, 4) is 0 Å². The minimum absolute atomic E-state index is 0.0644. The molecule has 3 fully saturated rings. The molecule has 5 rings (SSSR count). The number of nitrogens with one attached hydrogen (secondary N) is 2. The Balaban J connectivity index is 1.40. The fourth-order valence-corrected chi connectivity index (χ4v) is 6.31. The van der Waals surface area contributed by atoms with Gasteiger partial charge in [-0.3, -0.25) is 19.3 Å². The molecule has 2 heterocycles. The average Bonchev–Trinajstić information content (AvgIpc) is 3.31. The van der Waals surface area contributed by atoms with Crippen LogP contribution in [0.25, 0.3) is 0 Å². The monoisotopic (exact) mass is 612 g/mol. The molecular weight excluding hydrogens is 581 g/mol. The maximum Gasteiger partial charge on any atom is 0.418 e. The van der Waals surface area contributed by atoms with E-state index < -0.39 is 41.2 Å². The van der Waals surface area contributed by atoms with Crippen molar-refractivity contribution in [1.29, 1.82) is 0 Å². The van der Waals surface area contributed by atoms with E-state index in [4.69, 9.17) is 16.3 Å². The molecule has 0 unspecified atom stereocenters. The second-order valence-electron chi connectivity index (χ2n) is 10.7. The summed E-state index contributed by atoms with van der Waals surface area (Å²) in [6.07, 6.45) is 1.20. The molecule has 2 saturated carbocycles. The lowest BCUT2D eigenvalue weighted by Crippen LogP contribution is -2.57. The molecule has 1 aliphatic heterocycles. The maximum atomic E-state index is 14.2. The Bertz CT molecular complexity index is 1280. The third-order valence-electron chi connectivity index (χ3n) is 8.06. The summed E-state index contributed by atoms with van der Waals surface area (Å²) in [5, 5.41) is 5.33. The molecule has 2 N–H and O–H groups in total. The predicted molar refractivity (Wildman–Crippen MR) is 150 cm³/mol. The number of amides is 3. The van der Waals surface area contributed by atoms with Crippen LogP contribution in [0.4, 0.5) is 24.5 Å². The van der Waals surface area contributed by atoms with Gasteiger partial charge in [-0.05, 0) is 61.9 Å². The highest BCUT2D eigenvalue weighted by molar-refractivity contribution is 7.18. The number of carbonyl (C=O) groups is 3. The summed E-state index contributed by atoms with van der Waals surface area (Å²) < 4.78 is 48.2. The number of rotatable bonds is 10. The van der Waals surface area contributed by atoms with Gasteiger partial charge in [-0.1, -0.05) is 24.4 Å². The van der Waals surface area contributed by atoms with Gasteiger partial charge in [-0.2, -0.15) is 13.2 Å². The number of benzene rings is 1. The molecule has 1 aromatic carbocycles. The Kier molecular flexibility index (Phi) is 9.22. The first-order chi connectivity index (χ1) is 19.6. The molecule has 0 radical (unpaired) electrons. The molecule has 3 amide bonds. The van der Waals surface area contributed by atoms with E-state index in [-0.39, 0.29) is 38.0 Å². The summed E-state index contributed by atoms with van der Waals surface area (Å²) in [4.78, 5) is 42.5. The van der Waals surface area contributed by atoms with Crippen LogP contribution < -0.4 is 15.5 Å². The third-order valence-corrected chi connectivity index (χ3v) is 9.29. The molecular formula is C28H32ClF3N4O4S. The molecule has 2 aliphatic carbocycles. The highest BCUT2D eigenvalue weighted by Gasteiger charge is 2.39. The molecule has 3 aliphatic rings. The lowest BCUT2D eigenvalue weighted by atomic mass is 9.82. The van der Waals surface area contributed by atoms with Crippen molar-refractivity contribution in [3.63, 3.8) is 0 Å². The van der Waals surface area contributed by atoms with Crippen LogP contribution in [0.1, 0.15) is 53.8 Å². The second-order valence-corrected chi connectivity index (χ2v) is 12.4. The van der Waals surface area contributed by atoms with E-state index in [2.05, 4.69) is 15.5 Å². The number of thiophene rings is 1. The van der Waals surface area contributed by atoms with Gasteiger partial charge in [0, 0.05) is 31.4 Å².